The van der Waals surface area contributed by atoms with Crippen LogP contribution in [0.2, 0.25) is 0 Å². The van der Waals surface area contributed by atoms with E-state index < -0.39 is 0 Å². The highest BCUT2D eigenvalue weighted by Crippen LogP contribution is 2.24. The molecule has 0 fully saturated rings. The van der Waals surface area contributed by atoms with Gasteiger partial charge in [0.05, 0.1) is 12.1 Å². The average molecular weight is 421 g/mol. The van der Waals surface area contributed by atoms with Crippen LogP contribution >= 0.6 is 0 Å². The van der Waals surface area contributed by atoms with E-state index in [2.05, 4.69) is 25.8 Å². The molecule has 0 aliphatic heterocycles. The third-order valence-electron chi connectivity index (χ3n) is 5.03. The molecule has 5 aromatic rings. The van der Waals surface area contributed by atoms with Gasteiger partial charge in [-0.1, -0.05) is 59.8 Å². The molecule has 0 unspecified atom stereocenters. The Balaban J connectivity index is 1.33. The molecule has 7 nitrogen and oxygen atoms in total. The lowest BCUT2D eigenvalue weighted by molar-refractivity contribution is 0.262. The maximum absolute atomic E-state index is 12.7. The van der Waals surface area contributed by atoms with Crippen LogP contribution in [0.15, 0.2) is 95.8 Å². The van der Waals surface area contributed by atoms with Crippen molar-refractivity contribution in [1.82, 2.24) is 15.1 Å². The number of amides is 2. The highest BCUT2D eigenvalue weighted by Gasteiger charge is 2.13. The molecule has 0 aliphatic rings. The summed E-state index contributed by atoms with van der Waals surface area (Å²) in [5.41, 5.74) is 3.06. The lowest BCUT2D eigenvalue weighted by atomic mass is 10.1. The van der Waals surface area contributed by atoms with Gasteiger partial charge in [0.15, 0.2) is 0 Å². The number of fused-ring (bicyclic) bond motifs is 1. The molecule has 2 heterocycles. The smallest absolute Gasteiger partial charge is 0.323 e. The first-order valence-corrected chi connectivity index (χ1v) is 10.1. The van der Waals surface area contributed by atoms with E-state index in [1.54, 1.807) is 12.4 Å². The molecule has 156 valence electrons. The third kappa shape index (κ3) is 4.17. The van der Waals surface area contributed by atoms with Crippen molar-refractivity contribution in [2.75, 3.05) is 10.6 Å². The molecule has 7 heteroatoms. The highest BCUT2D eigenvalue weighted by molar-refractivity contribution is 6.06. The van der Waals surface area contributed by atoms with Crippen molar-refractivity contribution in [2.24, 2.45) is 0 Å². The Labute approximate surface area is 184 Å². The average Bonchev–Trinajstić information content (AvgIpc) is 3.30. The van der Waals surface area contributed by atoms with Crippen molar-refractivity contribution in [3.8, 4) is 11.4 Å². The van der Waals surface area contributed by atoms with E-state index in [1.165, 1.54) is 0 Å². The molecule has 0 aliphatic carbocycles. The van der Waals surface area contributed by atoms with Crippen LogP contribution in [0.3, 0.4) is 0 Å². The van der Waals surface area contributed by atoms with Gasteiger partial charge in [-0.25, -0.2) is 4.79 Å². The first kappa shape index (κ1) is 19.4. The molecule has 0 saturated carbocycles. The molecular weight excluding hydrogens is 402 g/mol. The Morgan fingerprint density at radius 1 is 0.844 bits per heavy atom. The number of aromatic nitrogens is 3. The van der Waals surface area contributed by atoms with E-state index >= 15 is 0 Å². The van der Waals surface area contributed by atoms with Gasteiger partial charge in [-0.05, 0) is 35.2 Å². The van der Waals surface area contributed by atoms with Crippen molar-refractivity contribution >= 4 is 28.2 Å². The fraction of sp³-hybridized carbons (Fsp3) is 0.0400. The number of para-hydroxylation sites is 1. The van der Waals surface area contributed by atoms with Gasteiger partial charge in [0.25, 0.3) is 0 Å². The van der Waals surface area contributed by atoms with Crippen LogP contribution in [-0.4, -0.2) is 21.2 Å². The second-order valence-corrected chi connectivity index (χ2v) is 7.19. The van der Waals surface area contributed by atoms with Crippen molar-refractivity contribution < 1.29 is 9.32 Å². The zero-order valence-electron chi connectivity index (χ0n) is 17.0. The first-order valence-electron chi connectivity index (χ1n) is 10.1. The quantitative estimate of drug-likeness (QED) is 0.390. The van der Waals surface area contributed by atoms with Crippen LogP contribution < -0.4 is 10.6 Å². The minimum atomic E-state index is -0.324. The predicted molar refractivity (Wildman–Crippen MR) is 123 cm³/mol. The van der Waals surface area contributed by atoms with Gasteiger partial charge in [-0.15, -0.1) is 0 Å². The van der Waals surface area contributed by atoms with Crippen LogP contribution in [0.4, 0.5) is 16.2 Å². The Bertz CT molecular complexity index is 1380. The predicted octanol–water partition coefficient (Wildman–Crippen LogP) is 5.52. The summed E-state index contributed by atoms with van der Waals surface area (Å²) in [4.78, 5) is 21.3. The summed E-state index contributed by atoms with van der Waals surface area (Å²) in [6, 6.07) is 24.6. The SMILES string of the molecule is O=C(Nc1ccccc1Cc1nc(-c2cccnc2)no1)Nc1cccc2ccccc12. The van der Waals surface area contributed by atoms with Crippen LogP contribution in [0.5, 0.6) is 0 Å². The minimum absolute atomic E-state index is 0.324. The van der Waals surface area contributed by atoms with Gasteiger partial charge < -0.3 is 15.2 Å². The fourth-order valence-corrected chi connectivity index (χ4v) is 3.51. The van der Waals surface area contributed by atoms with Crippen LogP contribution in [0, 0.1) is 0 Å². The second-order valence-electron chi connectivity index (χ2n) is 7.19. The van der Waals surface area contributed by atoms with Gasteiger partial charge in [0.2, 0.25) is 11.7 Å². The maximum atomic E-state index is 12.7. The number of carbonyl (C=O) groups is 1. The van der Waals surface area contributed by atoms with Gasteiger partial charge in [0.1, 0.15) is 0 Å². The molecule has 32 heavy (non-hydrogen) atoms. The van der Waals surface area contributed by atoms with E-state index in [0.717, 1.165) is 27.6 Å². The van der Waals surface area contributed by atoms with Crippen LogP contribution in [0.25, 0.3) is 22.2 Å². The van der Waals surface area contributed by atoms with E-state index in [1.807, 2.05) is 78.9 Å². The molecule has 3 aromatic carbocycles. The molecule has 2 N–H and O–H groups in total. The van der Waals surface area contributed by atoms with E-state index in [0.29, 0.717) is 23.8 Å². The number of hydrogen-bond donors (Lipinski definition) is 2. The van der Waals surface area contributed by atoms with E-state index in [4.69, 9.17) is 4.52 Å². The number of nitrogens with one attached hydrogen (secondary N) is 2. The summed E-state index contributed by atoms with van der Waals surface area (Å²) < 4.78 is 5.41. The molecule has 0 atom stereocenters. The van der Waals surface area contributed by atoms with Crippen molar-refractivity contribution in [1.29, 1.82) is 0 Å². The van der Waals surface area contributed by atoms with Crippen molar-refractivity contribution in [3.05, 3.63) is 103 Å². The number of rotatable bonds is 5. The number of nitrogens with zero attached hydrogens (tertiary/aromatic N) is 3. The van der Waals surface area contributed by atoms with Crippen molar-refractivity contribution in [2.45, 2.75) is 6.42 Å². The maximum Gasteiger partial charge on any atom is 0.323 e. The number of carbonyl (C=O) groups excluding carboxylic acids is 1. The molecule has 0 radical (unpaired) electrons. The minimum Gasteiger partial charge on any atom is -0.339 e. The van der Waals surface area contributed by atoms with Crippen LogP contribution in [0.1, 0.15) is 11.5 Å². The highest BCUT2D eigenvalue weighted by atomic mass is 16.5. The summed E-state index contributed by atoms with van der Waals surface area (Å²) >= 11 is 0. The van der Waals surface area contributed by atoms with E-state index in [9.17, 15) is 4.79 Å². The second kappa shape index (κ2) is 8.69. The number of hydrogen-bond acceptors (Lipinski definition) is 5. The largest absolute Gasteiger partial charge is 0.339 e. The molecule has 0 saturated heterocycles. The summed E-state index contributed by atoms with van der Waals surface area (Å²) in [5, 5.41) is 11.9. The Kier molecular flexibility index (Phi) is 5.28. The van der Waals surface area contributed by atoms with Gasteiger partial charge in [-0.2, -0.15) is 4.98 Å². The molecule has 0 bridgehead atoms. The van der Waals surface area contributed by atoms with Gasteiger partial charge >= 0.3 is 6.03 Å². The zero-order valence-corrected chi connectivity index (χ0v) is 17.0. The molecule has 2 amide bonds. The topological polar surface area (TPSA) is 92.9 Å². The number of urea groups is 1. The summed E-state index contributed by atoms with van der Waals surface area (Å²) in [6.07, 6.45) is 3.76. The summed E-state index contributed by atoms with van der Waals surface area (Å²) in [5.74, 6) is 0.930. The monoisotopic (exact) mass is 421 g/mol. The van der Waals surface area contributed by atoms with Crippen LogP contribution in [-0.2, 0) is 6.42 Å². The number of benzene rings is 3. The number of pyridine rings is 1. The zero-order chi connectivity index (χ0) is 21.8. The molecule has 0 spiro atoms. The fourth-order valence-electron chi connectivity index (χ4n) is 3.51. The van der Waals surface area contributed by atoms with Gasteiger partial charge in [0, 0.05) is 29.0 Å². The Morgan fingerprint density at radius 2 is 1.62 bits per heavy atom. The first-order chi connectivity index (χ1) is 15.8. The van der Waals surface area contributed by atoms with Gasteiger partial charge in [-0.3, -0.25) is 4.98 Å². The summed E-state index contributed by atoms with van der Waals surface area (Å²) in [6.45, 7) is 0. The standard InChI is InChI=1S/C25H19N5O2/c31-25(28-22-13-5-9-17-7-1-3-11-20(17)22)27-21-12-4-2-8-18(21)15-23-29-24(30-32-23)19-10-6-14-26-16-19/h1-14,16H,15H2,(H2,27,28,31). The lowest BCUT2D eigenvalue weighted by Crippen LogP contribution is -2.20. The normalized spacial score (nSPS) is 10.8. The third-order valence-corrected chi connectivity index (χ3v) is 5.03. The lowest BCUT2D eigenvalue weighted by Gasteiger charge is -2.12. The summed E-state index contributed by atoms with van der Waals surface area (Å²) in [7, 11) is 0. The Morgan fingerprint density at radius 3 is 2.53 bits per heavy atom. The number of anilines is 2. The van der Waals surface area contributed by atoms with Crippen molar-refractivity contribution in [3.63, 3.8) is 0 Å². The molecular formula is C25H19N5O2. The molecule has 5 rings (SSSR count). The van der Waals surface area contributed by atoms with E-state index in [-0.39, 0.29) is 6.03 Å². The Hall–Kier alpha value is -4.52. The molecule has 2 aromatic heterocycles.